The first-order valence-corrected chi connectivity index (χ1v) is 7.46. The van der Waals surface area contributed by atoms with Gasteiger partial charge in [0.2, 0.25) is 5.91 Å². The number of carbonyl (C=O) groups excluding carboxylic acids is 1. The fourth-order valence-corrected chi connectivity index (χ4v) is 2.24. The number of thioether (sulfide) groups is 1. The highest BCUT2D eigenvalue weighted by Crippen LogP contribution is 2.33. The maximum Gasteiger partial charge on any atom is 0.225 e. The zero-order valence-corrected chi connectivity index (χ0v) is 14.3. The van der Waals surface area contributed by atoms with E-state index in [1.807, 2.05) is 26.2 Å². The van der Waals surface area contributed by atoms with Crippen LogP contribution < -0.4 is 5.32 Å². The van der Waals surface area contributed by atoms with Gasteiger partial charge in [-0.15, -0.1) is 0 Å². The van der Waals surface area contributed by atoms with Crippen molar-refractivity contribution >= 4 is 40.9 Å². The van der Waals surface area contributed by atoms with Gasteiger partial charge in [-0.1, -0.05) is 56.6 Å². The largest absolute Gasteiger partial charge is 0.352 e. The summed E-state index contributed by atoms with van der Waals surface area (Å²) in [6, 6.07) is 0. The van der Waals surface area contributed by atoms with Crippen molar-refractivity contribution in [3.05, 3.63) is 33.2 Å². The first-order chi connectivity index (χ1) is 9.15. The molecule has 20 heavy (non-hydrogen) atoms. The molecule has 1 N–H and O–H groups in total. The number of rotatable bonds is 5. The third-order valence-electron chi connectivity index (χ3n) is 2.34. The van der Waals surface area contributed by atoms with E-state index in [0.717, 1.165) is 11.8 Å². The van der Waals surface area contributed by atoms with E-state index in [2.05, 4.69) is 11.9 Å². The summed E-state index contributed by atoms with van der Waals surface area (Å²) in [4.78, 5) is 12.2. The lowest BCUT2D eigenvalue weighted by Crippen LogP contribution is -2.36. The van der Waals surface area contributed by atoms with Crippen molar-refractivity contribution < 1.29 is 4.79 Å². The van der Waals surface area contributed by atoms with Crippen LogP contribution in [0.4, 0.5) is 0 Å². The maximum atomic E-state index is 11.8. The highest BCUT2D eigenvalue weighted by molar-refractivity contribution is 8.07. The molecule has 1 amide bonds. The quantitative estimate of drug-likeness (QED) is 0.595. The molecule has 0 rings (SSSR count). The molecule has 0 spiro atoms. The molecular formula is C14H18Cl2N2OS. The summed E-state index contributed by atoms with van der Waals surface area (Å²) in [5.41, 5.74) is 0.207. The van der Waals surface area contributed by atoms with Crippen LogP contribution >= 0.6 is 35.0 Å². The van der Waals surface area contributed by atoms with Gasteiger partial charge in [0, 0.05) is 17.0 Å². The Balaban J connectivity index is 5.12. The van der Waals surface area contributed by atoms with Crippen LogP contribution in [0.2, 0.25) is 0 Å². The second-order valence-corrected chi connectivity index (χ2v) is 6.62. The summed E-state index contributed by atoms with van der Waals surface area (Å²) in [5, 5.41) is 14.0. The van der Waals surface area contributed by atoms with Gasteiger partial charge in [0.05, 0.1) is 9.94 Å². The molecule has 0 aliphatic rings. The second kappa shape index (κ2) is 8.41. The number of amides is 1. The van der Waals surface area contributed by atoms with Crippen LogP contribution in [0.3, 0.4) is 0 Å². The summed E-state index contributed by atoms with van der Waals surface area (Å²) in [7, 11) is 0. The van der Waals surface area contributed by atoms with Crippen LogP contribution in [0.5, 0.6) is 0 Å². The lowest BCUT2D eigenvalue weighted by atomic mass is 9.95. The molecule has 0 aliphatic heterocycles. The highest BCUT2D eigenvalue weighted by Gasteiger charge is 2.21. The van der Waals surface area contributed by atoms with Gasteiger partial charge in [0.25, 0.3) is 0 Å². The van der Waals surface area contributed by atoms with Gasteiger partial charge in [-0.25, -0.2) is 0 Å². The smallest absolute Gasteiger partial charge is 0.225 e. The fraction of sp³-hybridized carbons (Fsp3) is 0.429. The fourth-order valence-electron chi connectivity index (χ4n) is 1.16. The van der Waals surface area contributed by atoms with Gasteiger partial charge >= 0.3 is 0 Å². The van der Waals surface area contributed by atoms with Crippen molar-refractivity contribution in [2.24, 2.45) is 5.41 Å². The summed E-state index contributed by atoms with van der Waals surface area (Å²) in [5.74, 6) is -0.0829. The van der Waals surface area contributed by atoms with Crippen LogP contribution in [0, 0.1) is 16.1 Å². The molecule has 0 saturated carbocycles. The van der Waals surface area contributed by atoms with Crippen LogP contribution in [0.1, 0.15) is 27.7 Å². The van der Waals surface area contributed by atoms with Crippen molar-refractivity contribution in [3.63, 3.8) is 0 Å². The molecule has 3 nitrogen and oxygen atoms in total. The number of carbonyl (C=O) groups is 1. The molecule has 0 atom stereocenters. The number of halogens is 2. The van der Waals surface area contributed by atoms with Crippen molar-refractivity contribution in [3.8, 4) is 5.40 Å². The van der Waals surface area contributed by atoms with E-state index >= 15 is 0 Å². The van der Waals surface area contributed by atoms with Gasteiger partial charge in [-0.3, -0.25) is 4.79 Å². The molecule has 0 aromatic carbocycles. The number of nitriles is 1. The minimum absolute atomic E-state index is 0.0829. The Kier molecular flexibility index (Phi) is 8.03. The molecule has 0 aromatic rings. The van der Waals surface area contributed by atoms with Gasteiger partial charge in [0.1, 0.15) is 5.40 Å². The zero-order valence-electron chi connectivity index (χ0n) is 12.0. The molecule has 6 heteroatoms. The van der Waals surface area contributed by atoms with Crippen molar-refractivity contribution in [1.29, 1.82) is 5.26 Å². The average molecular weight is 333 g/mol. The Labute approximate surface area is 134 Å². The van der Waals surface area contributed by atoms with E-state index in [4.69, 9.17) is 28.5 Å². The monoisotopic (exact) mass is 332 g/mol. The van der Waals surface area contributed by atoms with E-state index < -0.39 is 5.41 Å². The number of nitrogens with one attached hydrogen (secondary N) is 1. The van der Waals surface area contributed by atoms with E-state index in [-0.39, 0.29) is 17.5 Å². The predicted octanol–water partition coefficient (Wildman–Crippen LogP) is 4.51. The second-order valence-electron chi connectivity index (χ2n) is 4.99. The molecule has 0 saturated heterocycles. The molecule has 0 aromatic heterocycles. The van der Waals surface area contributed by atoms with E-state index in [9.17, 15) is 4.79 Å². The average Bonchev–Trinajstić information content (AvgIpc) is 2.34. The number of hydrogen-bond acceptors (Lipinski definition) is 3. The van der Waals surface area contributed by atoms with Crippen molar-refractivity contribution in [1.82, 2.24) is 5.32 Å². The van der Waals surface area contributed by atoms with Crippen molar-refractivity contribution in [2.45, 2.75) is 27.7 Å². The van der Waals surface area contributed by atoms with Gasteiger partial charge in [-0.05, 0) is 24.3 Å². The van der Waals surface area contributed by atoms with Gasteiger partial charge < -0.3 is 5.32 Å². The first-order valence-electron chi connectivity index (χ1n) is 5.89. The summed E-state index contributed by atoms with van der Waals surface area (Å²) >= 11 is 12.9. The number of thiocyanates is 1. The van der Waals surface area contributed by atoms with E-state index in [1.165, 1.54) is 0 Å². The molecule has 110 valence electrons. The third-order valence-corrected chi connectivity index (χ3v) is 3.94. The normalized spacial score (nSPS) is 13.3. The van der Waals surface area contributed by atoms with Crippen LogP contribution in [-0.2, 0) is 4.79 Å². The maximum absolute atomic E-state index is 11.8. The molecule has 0 aliphatic carbocycles. The van der Waals surface area contributed by atoms with Crippen molar-refractivity contribution in [2.75, 3.05) is 6.54 Å². The minimum atomic E-state index is -0.477. The Morgan fingerprint density at radius 2 is 2.00 bits per heavy atom. The van der Waals surface area contributed by atoms with E-state index in [0.29, 0.717) is 15.5 Å². The number of nitrogens with zero attached hydrogens (tertiary/aromatic N) is 1. The SMILES string of the molecule is C=C(Cl)/C(SC#N)=C(Cl)\C(=C/C)CNC(=O)C(C)(C)C. The summed E-state index contributed by atoms with van der Waals surface area (Å²) in [6.07, 6.45) is 1.77. The minimum Gasteiger partial charge on any atom is -0.352 e. The number of hydrogen-bond donors (Lipinski definition) is 1. The summed E-state index contributed by atoms with van der Waals surface area (Å²) in [6.45, 7) is 11.1. The number of allylic oxidation sites excluding steroid dienone is 2. The lowest BCUT2D eigenvalue weighted by Gasteiger charge is -2.19. The molecular weight excluding hydrogens is 315 g/mol. The van der Waals surface area contributed by atoms with Crippen LogP contribution in [0.15, 0.2) is 33.2 Å². The molecule has 0 unspecified atom stereocenters. The predicted molar refractivity (Wildman–Crippen MR) is 87.3 cm³/mol. The van der Waals surface area contributed by atoms with Crippen LogP contribution in [-0.4, -0.2) is 12.5 Å². The summed E-state index contributed by atoms with van der Waals surface area (Å²) < 4.78 is 0. The molecule has 0 radical (unpaired) electrons. The Morgan fingerprint density at radius 3 is 2.35 bits per heavy atom. The highest BCUT2D eigenvalue weighted by atomic mass is 35.5. The standard InChI is InChI=1S/C14H18Cl2N2OS/c1-6-10(7-18-13(19)14(3,4)5)11(16)12(9(2)15)20-8-17/h6H,2,7H2,1,3-5H3,(H,18,19)/b10-6-,12-11-. The van der Waals surface area contributed by atoms with E-state index in [1.54, 1.807) is 13.0 Å². The van der Waals surface area contributed by atoms with Gasteiger partial charge in [0.15, 0.2) is 0 Å². The lowest BCUT2D eigenvalue weighted by molar-refractivity contribution is -0.128. The topological polar surface area (TPSA) is 52.9 Å². The zero-order chi connectivity index (χ0) is 15.9. The molecule has 0 heterocycles. The molecule has 0 fully saturated rings. The van der Waals surface area contributed by atoms with Gasteiger partial charge in [-0.2, -0.15) is 5.26 Å². The Morgan fingerprint density at radius 1 is 1.45 bits per heavy atom. The molecule has 0 bridgehead atoms. The van der Waals surface area contributed by atoms with Crippen LogP contribution in [0.25, 0.3) is 0 Å². The Hall–Kier alpha value is -0.890. The Bertz CT molecular complexity index is 496. The first kappa shape index (κ1) is 19.1. The third kappa shape index (κ3) is 6.04.